The molecule has 0 unspecified atom stereocenters. The molecule has 1 heterocycles. The molecule has 2 rings (SSSR count). The van der Waals surface area contributed by atoms with Gasteiger partial charge in [-0.15, -0.1) is 0 Å². The second-order valence-corrected chi connectivity index (χ2v) is 4.80. The van der Waals surface area contributed by atoms with Crippen molar-refractivity contribution in [3.63, 3.8) is 0 Å². The number of rotatable bonds is 1. The van der Waals surface area contributed by atoms with Crippen molar-refractivity contribution in [2.45, 2.75) is 19.4 Å². The van der Waals surface area contributed by atoms with E-state index in [9.17, 15) is 5.11 Å². The van der Waals surface area contributed by atoms with Gasteiger partial charge < -0.3 is 9.84 Å². The lowest BCUT2D eigenvalue weighted by molar-refractivity contribution is -0.184. The van der Waals surface area contributed by atoms with Gasteiger partial charge in [0.2, 0.25) is 0 Å². The molecule has 0 radical (unpaired) electrons. The van der Waals surface area contributed by atoms with Crippen molar-refractivity contribution in [3.8, 4) is 0 Å². The summed E-state index contributed by atoms with van der Waals surface area (Å²) < 4.78 is 6.14. The van der Waals surface area contributed by atoms with E-state index in [1.54, 1.807) is 0 Å². The van der Waals surface area contributed by atoms with Crippen molar-refractivity contribution in [2.24, 2.45) is 0 Å². The standard InChI is InChI=1S/C11H13BrO2/c1-7-4-10(12)8(2)3-9(7)11(13)5-14-6-11/h3-4,13H,5-6H2,1-2H3. The summed E-state index contributed by atoms with van der Waals surface area (Å²) in [4.78, 5) is 0. The molecule has 0 amide bonds. The summed E-state index contributed by atoms with van der Waals surface area (Å²) in [6.07, 6.45) is 0. The first-order valence-corrected chi connectivity index (χ1v) is 5.39. The van der Waals surface area contributed by atoms with Crippen LogP contribution in [0, 0.1) is 13.8 Å². The zero-order valence-corrected chi connectivity index (χ0v) is 9.89. The fraction of sp³-hybridized carbons (Fsp3) is 0.455. The molecule has 0 bridgehead atoms. The van der Waals surface area contributed by atoms with Crippen LogP contribution < -0.4 is 0 Å². The van der Waals surface area contributed by atoms with E-state index < -0.39 is 5.60 Å². The lowest BCUT2D eigenvalue weighted by Gasteiger charge is -2.38. The Kier molecular flexibility index (Phi) is 2.41. The number of ether oxygens (including phenoxy) is 1. The first-order valence-electron chi connectivity index (χ1n) is 4.60. The highest BCUT2D eigenvalue weighted by Gasteiger charge is 2.39. The number of benzene rings is 1. The molecule has 1 saturated heterocycles. The molecule has 1 fully saturated rings. The van der Waals surface area contributed by atoms with E-state index in [-0.39, 0.29) is 0 Å². The predicted molar refractivity (Wildman–Crippen MR) is 58.3 cm³/mol. The van der Waals surface area contributed by atoms with Gasteiger partial charge in [-0.25, -0.2) is 0 Å². The van der Waals surface area contributed by atoms with Crippen LogP contribution in [0.1, 0.15) is 16.7 Å². The van der Waals surface area contributed by atoms with Crippen LogP contribution in [0.25, 0.3) is 0 Å². The number of aliphatic hydroxyl groups is 1. The van der Waals surface area contributed by atoms with Crippen LogP contribution >= 0.6 is 15.9 Å². The molecule has 0 spiro atoms. The molecule has 1 aliphatic heterocycles. The zero-order valence-electron chi connectivity index (χ0n) is 8.30. The third-order valence-corrected chi connectivity index (χ3v) is 3.54. The molecule has 1 N–H and O–H groups in total. The minimum atomic E-state index is -0.754. The van der Waals surface area contributed by atoms with Gasteiger partial charge in [-0.1, -0.05) is 22.0 Å². The molecule has 3 heteroatoms. The second kappa shape index (κ2) is 3.33. The molecule has 1 aromatic carbocycles. The Morgan fingerprint density at radius 1 is 1.29 bits per heavy atom. The Balaban J connectivity index is 2.48. The van der Waals surface area contributed by atoms with Crippen LogP contribution in [-0.4, -0.2) is 18.3 Å². The molecule has 14 heavy (non-hydrogen) atoms. The summed E-state index contributed by atoms with van der Waals surface area (Å²) >= 11 is 3.47. The summed E-state index contributed by atoms with van der Waals surface area (Å²) in [6.45, 7) is 4.86. The van der Waals surface area contributed by atoms with Crippen molar-refractivity contribution in [2.75, 3.05) is 13.2 Å². The van der Waals surface area contributed by atoms with Crippen LogP contribution in [0.3, 0.4) is 0 Å². The molecule has 0 saturated carbocycles. The van der Waals surface area contributed by atoms with Crippen LogP contribution in [0.2, 0.25) is 0 Å². The quantitative estimate of drug-likeness (QED) is 0.836. The Hall–Kier alpha value is -0.380. The largest absolute Gasteiger partial charge is 0.380 e. The highest BCUT2D eigenvalue weighted by Crippen LogP contribution is 2.34. The van der Waals surface area contributed by atoms with Crippen molar-refractivity contribution >= 4 is 15.9 Å². The SMILES string of the molecule is Cc1cc(C2(O)COC2)c(C)cc1Br. The van der Waals surface area contributed by atoms with Gasteiger partial charge in [-0.3, -0.25) is 0 Å². The average Bonchev–Trinajstić information content (AvgIpc) is 2.07. The maximum absolute atomic E-state index is 10.1. The Labute approximate surface area is 92.0 Å². The highest BCUT2D eigenvalue weighted by molar-refractivity contribution is 9.10. The summed E-state index contributed by atoms with van der Waals surface area (Å²) in [7, 11) is 0. The minimum absolute atomic E-state index is 0.412. The van der Waals surface area contributed by atoms with E-state index in [1.165, 1.54) is 0 Å². The molecule has 0 aliphatic carbocycles. The van der Waals surface area contributed by atoms with Crippen LogP contribution in [0.15, 0.2) is 16.6 Å². The third-order valence-electron chi connectivity index (χ3n) is 2.69. The number of hydrogen-bond acceptors (Lipinski definition) is 2. The number of halogens is 1. The first-order chi connectivity index (χ1) is 6.53. The van der Waals surface area contributed by atoms with E-state index in [4.69, 9.17) is 4.74 Å². The van der Waals surface area contributed by atoms with Crippen molar-refractivity contribution < 1.29 is 9.84 Å². The Morgan fingerprint density at radius 2 is 1.93 bits per heavy atom. The molecule has 1 aliphatic rings. The zero-order chi connectivity index (χ0) is 10.3. The molecular weight excluding hydrogens is 244 g/mol. The molecule has 2 nitrogen and oxygen atoms in total. The Bertz CT molecular complexity index is 370. The second-order valence-electron chi connectivity index (χ2n) is 3.94. The Morgan fingerprint density at radius 3 is 2.43 bits per heavy atom. The summed E-state index contributed by atoms with van der Waals surface area (Å²) in [5.74, 6) is 0. The molecule has 76 valence electrons. The predicted octanol–water partition coefficient (Wildman–Crippen LogP) is 2.28. The van der Waals surface area contributed by atoms with Gasteiger partial charge >= 0.3 is 0 Å². The lowest BCUT2D eigenvalue weighted by atomic mass is 9.88. The van der Waals surface area contributed by atoms with Crippen molar-refractivity contribution in [3.05, 3.63) is 33.3 Å². The topological polar surface area (TPSA) is 29.5 Å². The maximum atomic E-state index is 10.1. The summed E-state index contributed by atoms with van der Waals surface area (Å²) in [5, 5.41) is 10.1. The van der Waals surface area contributed by atoms with E-state index >= 15 is 0 Å². The lowest BCUT2D eigenvalue weighted by Crippen LogP contribution is -2.47. The normalized spacial score (nSPS) is 19.1. The van der Waals surface area contributed by atoms with Gasteiger partial charge in [0.15, 0.2) is 0 Å². The van der Waals surface area contributed by atoms with E-state index in [0.717, 1.165) is 21.2 Å². The van der Waals surface area contributed by atoms with Crippen LogP contribution in [0.4, 0.5) is 0 Å². The third kappa shape index (κ3) is 1.49. The molecule has 1 aromatic rings. The van der Waals surface area contributed by atoms with Crippen molar-refractivity contribution in [1.82, 2.24) is 0 Å². The fourth-order valence-electron chi connectivity index (χ4n) is 1.73. The van der Waals surface area contributed by atoms with Gasteiger partial charge in [0.05, 0.1) is 13.2 Å². The highest BCUT2D eigenvalue weighted by atomic mass is 79.9. The van der Waals surface area contributed by atoms with Gasteiger partial charge in [-0.2, -0.15) is 0 Å². The first kappa shape index (κ1) is 10.1. The van der Waals surface area contributed by atoms with Crippen molar-refractivity contribution in [1.29, 1.82) is 0 Å². The van der Waals surface area contributed by atoms with Gasteiger partial charge in [0, 0.05) is 4.47 Å². The van der Waals surface area contributed by atoms with Gasteiger partial charge in [0.1, 0.15) is 5.60 Å². The van der Waals surface area contributed by atoms with Gasteiger partial charge in [0.25, 0.3) is 0 Å². The molecular formula is C11H13BrO2. The minimum Gasteiger partial charge on any atom is -0.380 e. The average molecular weight is 257 g/mol. The van der Waals surface area contributed by atoms with Crippen LogP contribution in [-0.2, 0) is 10.3 Å². The fourth-order valence-corrected chi connectivity index (χ4v) is 2.19. The number of hydrogen-bond donors (Lipinski definition) is 1. The smallest absolute Gasteiger partial charge is 0.136 e. The van der Waals surface area contributed by atoms with E-state index in [0.29, 0.717) is 13.2 Å². The van der Waals surface area contributed by atoms with E-state index in [1.807, 2.05) is 26.0 Å². The number of aryl methyl sites for hydroxylation is 2. The van der Waals surface area contributed by atoms with Gasteiger partial charge in [-0.05, 0) is 36.6 Å². The summed E-state index contributed by atoms with van der Waals surface area (Å²) in [5.41, 5.74) is 2.49. The van der Waals surface area contributed by atoms with Crippen LogP contribution in [0.5, 0.6) is 0 Å². The monoisotopic (exact) mass is 256 g/mol. The van der Waals surface area contributed by atoms with E-state index in [2.05, 4.69) is 15.9 Å². The summed E-state index contributed by atoms with van der Waals surface area (Å²) in [6, 6.07) is 4.07. The molecule has 0 aromatic heterocycles. The maximum Gasteiger partial charge on any atom is 0.136 e. The molecule has 0 atom stereocenters.